The number of aliphatic hydroxyl groups excluding tert-OH is 8. The van der Waals surface area contributed by atoms with Crippen molar-refractivity contribution in [2.45, 2.75) is 212 Å². The van der Waals surface area contributed by atoms with Gasteiger partial charge in [-0.15, -0.1) is 0 Å². The van der Waals surface area contributed by atoms with Crippen LogP contribution in [0.4, 0.5) is 0 Å². The Hall–Kier alpha value is -2.14. The molecule has 4 aliphatic carbocycles. The average Bonchev–Trinajstić information content (AvgIpc) is 3.61. The zero-order valence-electron chi connectivity index (χ0n) is 41.2. The maximum Gasteiger partial charge on any atom is 0.314 e. The molecule has 7 rings (SSSR count). The molecule has 68 heavy (non-hydrogen) atoms. The van der Waals surface area contributed by atoms with Crippen LogP contribution < -0.4 is 5.32 Å². The molecule has 2 saturated carbocycles. The highest BCUT2D eigenvalue weighted by Gasteiger charge is 2.69. The van der Waals surface area contributed by atoms with E-state index in [2.05, 4.69) is 60.4 Å². The Bertz CT molecular complexity index is 1860. The van der Waals surface area contributed by atoms with Crippen LogP contribution in [0.15, 0.2) is 23.3 Å². The number of allylic oxidation sites excluding steroid dienone is 2. The van der Waals surface area contributed by atoms with Gasteiger partial charge in [-0.3, -0.25) is 9.59 Å². The van der Waals surface area contributed by atoms with E-state index in [4.69, 9.17) is 28.4 Å². The fraction of sp³-hybridized carbons (Fsp3) is 0.880. The van der Waals surface area contributed by atoms with Crippen LogP contribution in [-0.4, -0.2) is 170 Å². The number of hydrogen-bond acceptors (Lipinski definition) is 16. The third kappa shape index (κ3) is 9.17. The van der Waals surface area contributed by atoms with E-state index in [0.717, 1.165) is 37.7 Å². The first-order valence-electron chi connectivity index (χ1n) is 25.0. The van der Waals surface area contributed by atoms with Gasteiger partial charge in [-0.05, 0) is 104 Å². The molecule has 18 heteroatoms. The normalized spacial score (nSPS) is 46.3. The lowest BCUT2D eigenvalue weighted by Gasteiger charge is -2.62. The summed E-state index contributed by atoms with van der Waals surface area (Å²) in [6, 6.07) is -1.43. The van der Waals surface area contributed by atoms with Crippen LogP contribution >= 0.6 is 0 Å². The first-order valence-corrected chi connectivity index (χ1v) is 25.0. The lowest BCUT2D eigenvalue weighted by Crippen LogP contribution is -2.69. The second-order valence-electron chi connectivity index (χ2n) is 22.7. The van der Waals surface area contributed by atoms with E-state index in [9.17, 15) is 55.5 Å². The van der Waals surface area contributed by atoms with Crippen LogP contribution in [0, 0.1) is 45.3 Å². The van der Waals surface area contributed by atoms with Crippen molar-refractivity contribution in [1.29, 1.82) is 0 Å². The zero-order chi connectivity index (χ0) is 50.0. The molecular formula is C50H81NO17. The van der Waals surface area contributed by atoms with Gasteiger partial charge >= 0.3 is 5.97 Å². The van der Waals surface area contributed by atoms with E-state index in [-0.39, 0.29) is 17.3 Å². The molecule has 5 fully saturated rings. The number of aliphatic hydroxyl groups is 8. The van der Waals surface area contributed by atoms with Gasteiger partial charge in [-0.2, -0.15) is 0 Å². The van der Waals surface area contributed by atoms with Crippen LogP contribution in [-0.2, 0) is 38.0 Å². The van der Waals surface area contributed by atoms with Gasteiger partial charge in [0.1, 0.15) is 67.1 Å². The van der Waals surface area contributed by atoms with E-state index in [0.29, 0.717) is 43.9 Å². The van der Waals surface area contributed by atoms with E-state index < -0.39 is 140 Å². The van der Waals surface area contributed by atoms with Crippen LogP contribution in [0.1, 0.15) is 120 Å². The minimum absolute atomic E-state index is 0.0154. The van der Waals surface area contributed by atoms with Crippen molar-refractivity contribution in [3.05, 3.63) is 23.3 Å². The lowest BCUT2D eigenvalue weighted by molar-refractivity contribution is -0.389. The summed E-state index contributed by atoms with van der Waals surface area (Å²) in [5, 5.41) is 100. The zero-order valence-corrected chi connectivity index (χ0v) is 41.2. The molecule has 18 nitrogen and oxygen atoms in total. The summed E-state index contributed by atoms with van der Waals surface area (Å²) in [6.45, 7) is 19.0. The maximum absolute atomic E-state index is 13.9. The summed E-state index contributed by atoms with van der Waals surface area (Å²) in [6.07, 6.45) is -13.8. The minimum atomic E-state index is -1.80. The highest BCUT2D eigenvalue weighted by atomic mass is 16.8. The third-order valence-corrected chi connectivity index (χ3v) is 18.4. The number of carboxylic acids is 1. The van der Waals surface area contributed by atoms with E-state index in [1.807, 2.05) is 0 Å². The van der Waals surface area contributed by atoms with E-state index in [1.54, 1.807) is 0 Å². The molecular weight excluding hydrogens is 887 g/mol. The van der Waals surface area contributed by atoms with Gasteiger partial charge in [0.25, 0.3) is 0 Å². The monoisotopic (exact) mass is 968 g/mol. The molecule has 21 atom stereocenters. The molecule has 0 bridgehead atoms. The first-order chi connectivity index (χ1) is 31.9. The molecule has 388 valence electrons. The Morgan fingerprint density at radius 1 is 0.765 bits per heavy atom. The first kappa shape index (κ1) is 53.7. The molecule has 0 radical (unpaired) electrons. The van der Waals surface area contributed by atoms with Crippen LogP contribution in [0.3, 0.4) is 0 Å². The van der Waals surface area contributed by atoms with Crippen molar-refractivity contribution in [2.75, 3.05) is 19.8 Å². The van der Waals surface area contributed by atoms with Crippen molar-refractivity contribution >= 4 is 11.9 Å². The lowest BCUT2D eigenvalue weighted by atomic mass is 9.43. The SMILES string of the molecule is C=C(CC[C@@H](C)[C@H]1CC[C@@]2(C(=O)O)C3=C(CC[C@]12C)[C@@]1(C)CCC(O[C@@H]2O[C@H](CO)[C@H](O)[C@H](O[C@@H]4OC[C@H](O)[C@H](O)[C@H]4O)[C@H]2O[C@@H]2O[C@H](CO)[C@@H](O)[C@H](O)[C@H]2NC(C)=O)C(C)(C)[C@@H]1CC3)C(C)C. The van der Waals surface area contributed by atoms with Crippen molar-refractivity contribution in [3.8, 4) is 0 Å². The molecule has 1 amide bonds. The Kier molecular flexibility index (Phi) is 16.1. The average molecular weight is 968 g/mol. The fourth-order valence-electron chi connectivity index (χ4n) is 14.3. The quantitative estimate of drug-likeness (QED) is 0.105. The number of carboxylic acid groups (broad SMARTS) is 1. The topological polar surface area (TPSA) is 284 Å². The Morgan fingerprint density at radius 2 is 1.41 bits per heavy atom. The summed E-state index contributed by atoms with van der Waals surface area (Å²) in [7, 11) is 0. The molecule has 3 saturated heterocycles. The van der Waals surface area contributed by atoms with E-state index >= 15 is 0 Å². The number of nitrogens with one attached hydrogen (secondary N) is 1. The van der Waals surface area contributed by atoms with Crippen molar-refractivity contribution < 1.29 is 84.0 Å². The molecule has 1 unspecified atom stereocenters. The van der Waals surface area contributed by atoms with Crippen molar-refractivity contribution in [3.63, 3.8) is 0 Å². The molecule has 10 N–H and O–H groups in total. The predicted octanol–water partition coefficient (Wildman–Crippen LogP) is 2.05. The summed E-state index contributed by atoms with van der Waals surface area (Å²) in [4.78, 5) is 26.4. The summed E-state index contributed by atoms with van der Waals surface area (Å²) in [5.41, 5.74) is 1.25. The highest BCUT2D eigenvalue weighted by molar-refractivity contribution is 5.82. The van der Waals surface area contributed by atoms with Crippen LogP contribution in [0.5, 0.6) is 0 Å². The number of rotatable bonds is 15. The molecule has 0 aromatic carbocycles. The molecule has 0 spiro atoms. The number of amides is 1. The number of fused-ring (bicyclic) bond motifs is 4. The standard InChI is InChI=1S/C50H81NO17/c1-23(2)24(3)10-11-25(4)27-15-19-50(46(61)62)29-12-13-33-47(6,7)34(16-17-48(33,8)28(29)14-18-49(27,50)9)66-45-42(68-43-35(51-26(5)54)39(59)37(57)31(20-52)64-43)41(38(58)32(21-53)65-45)67-44-40(60)36(56)30(55)22-63-44/h23,25,27,30-45,52-53,55-60H,3,10-22H2,1-2,4-9H3,(H,51,54)(H,61,62)/t25-,27-,30+,31-,32-,33+,34?,35-,36+,37-,38+,39-,40-,41+,42-,43+,44+,45+,48-,49-,50+/m1/s1. The largest absolute Gasteiger partial charge is 0.481 e. The van der Waals surface area contributed by atoms with Gasteiger partial charge in [0.15, 0.2) is 18.9 Å². The van der Waals surface area contributed by atoms with E-state index in [1.165, 1.54) is 18.1 Å². The smallest absolute Gasteiger partial charge is 0.314 e. The summed E-state index contributed by atoms with van der Waals surface area (Å²) >= 11 is 0. The maximum atomic E-state index is 13.9. The Morgan fingerprint density at radius 3 is 2.04 bits per heavy atom. The van der Waals surface area contributed by atoms with Gasteiger partial charge in [-0.25, -0.2) is 0 Å². The van der Waals surface area contributed by atoms with Gasteiger partial charge in [0, 0.05) is 6.92 Å². The van der Waals surface area contributed by atoms with Gasteiger partial charge < -0.3 is 79.7 Å². The Balaban J connectivity index is 1.20. The van der Waals surface area contributed by atoms with Crippen molar-refractivity contribution in [2.24, 2.45) is 45.3 Å². The number of aliphatic carboxylic acids is 1. The minimum Gasteiger partial charge on any atom is -0.481 e. The fourth-order valence-corrected chi connectivity index (χ4v) is 14.3. The summed E-state index contributed by atoms with van der Waals surface area (Å²) in [5.74, 6) is -0.318. The molecule has 3 aliphatic heterocycles. The van der Waals surface area contributed by atoms with Gasteiger partial charge in [0.2, 0.25) is 5.91 Å². The predicted molar refractivity (Wildman–Crippen MR) is 243 cm³/mol. The summed E-state index contributed by atoms with van der Waals surface area (Å²) < 4.78 is 37.5. The number of carbonyl (C=O) groups is 2. The highest BCUT2D eigenvalue weighted by Crippen LogP contribution is 2.73. The van der Waals surface area contributed by atoms with Crippen LogP contribution in [0.25, 0.3) is 0 Å². The molecule has 0 aromatic heterocycles. The number of carbonyl (C=O) groups excluding carboxylic acids is 1. The van der Waals surface area contributed by atoms with Crippen LogP contribution in [0.2, 0.25) is 0 Å². The molecule has 0 aromatic rings. The second-order valence-corrected chi connectivity index (χ2v) is 22.7. The second kappa shape index (κ2) is 20.4. The van der Waals surface area contributed by atoms with Gasteiger partial charge in [-0.1, -0.05) is 71.8 Å². The molecule has 7 aliphatic rings. The number of ether oxygens (including phenoxy) is 6. The third-order valence-electron chi connectivity index (χ3n) is 18.4. The van der Waals surface area contributed by atoms with Gasteiger partial charge in [0.05, 0.1) is 31.3 Å². The Labute approximate surface area is 400 Å². The molecule has 3 heterocycles. The van der Waals surface area contributed by atoms with Crippen molar-refractivity contribution in [1.82, 2.24) is 5.32 Å². The number of hydrogen-bond donors (Lipinski definition) is 10.